The molecule has 0 amide bonds. The Morgan fingerprint density at radius 3 is 1.91 bits per heavy atom. The molecule has 3 unspecified atom stereocenters. The van der Waals surface area contributed by atoms with Crippen LogP contribution >= 0.6 is 9.12 Å². The lowest BCUT2D eigenvalue weighted by molar-refractivity contribution is -0.145. The first-order chi connectivity index (χ1) is 15.2. The number of hydrogen-bond donors (Lipinski definition) is 0. The van der Waals surface area contributed by atoms with Gasteiger partial charge in [-0.15, -0.1) is 0 Å². The van der Waals surface area contributed by atoms with Gasteiger partial charge in [0.1, 0.15) is 23.0 Å². The molecule has 0 spiro atoms. The zero-order valence-electron chi connectivity index (χ0n) is 19.8. The minimum absolute atomic E-state index is 0.130. The number of carbonyl (C=O) groups is 2. The fourth-order valence-corrected chi connectivity index (χ4v) is 3.69. The van der Waals surface area contributed by atoms with Gasteiger partial charge in [-0.1, -0.05) is 64.1 Å². The maximum Gasteiger partial charge on any atom is 0.321 e. The van der Waals surface area contributed by atoms with Crippen LogP contribution in [0.15, 0.2) is 48.5 Å². The van der Waals surface area contributed by atoms with E-state index >= 15 is 0 Å². The number of rotatable bonds is 9. The van der Waals surface area contributed by atoms with Gasteiger partial charge in [-0.2, -0.15) is 0 Å². The first-order valence-corrected chi connectivity index (χ1v) is 11.0. The summed E-state index contributed by atoms with van der Waals surface area (Å²) in [4.78, 5) is 26.7. The number of ether oxygens (including phenoxy) is 3. The van der Waals surface area contributed by atoms with Crippen LogP contribution in [0, 0.1) is 11.3 Å². The second kappa shape index (κ2) is 13.1. The summed E-state index contributed by atoms with van der Waals surface area (Å²) in [6, 6.07) is 14.0. The average molecular weight is 463 g/mol. The highest BCUT2D eigenvalue weighted by Gasteiger charge is 2.35. The molecule has 0 aliphatic carbocycles. The first kappa shape index (κ1) is 27.4. The fourth-order valence-electron chi connectivity index (χ4n) is 3.69. The Balaban J connectivity index is 0.00000249. The van der Waals surface area contributed by atoms with Gasteiger partial charge in [-0.3, -0.25) is 9.59 Å². The van der Waals surface area contributed by atoms with Crippen molar-refractivity contribution in [1.29, 1.82) is 0 Å². The van der Waals surface area contributed by atoms with Crippen LogP contribution in [0.2, 0.25) is 0 Å². The highest BCUT2D eigenvalue weighted by Crippen LogP contribution is 2.34. The fraction of sp³-hybridized carbons (Fsp3) is 0.440. The van der Waals surface area contributed by atoms with Crippen LogP contribution in [0.3, 0.4) is 0 Å². The molecule has 3 atom stereocenters. The van der Waals surface area contributed by atoms with Crippen molar-refractivity contribution in [3.8, 4) is 11.5 Å². The van der Waals surface area contributed by atoms with Crippen LogP contribution in [0.4, 0.5) is 0 Å². The Bertz CT molecular complexity index is 853. The molecule has 32 heavy (non-hydrogen) atoms. The molecule has 0 saturated heterocycles. The monoisotopic (exact) mass is 462 g/mol. The lowest BCUT2D eigenvalue weighted by Crippen LogP contribution is -2.27. The highest BCUT2D eigenvalue weighted by molar-refractivity contribution is 7.00. The van der Waals surface area contributed by atoms with E-state index in [0.29, 0.717) is 26.2 Å². The third kappa shape index (κ3) is 7.83. The maximum atomic E-state index is 13.6. The molecule has 0 aliphatic rings. The van der Waals surface area contributed by atoms with Gasteiger partial charge in [0.15, 0.2) is 5.78 Å². The van der Waals surface area contributed by atoms with Gasteiger partial charge in [0.05, 0.1) is 29.9 Å². The molecule has 0 saturated carbocycles. The largest absolute Gasteiger partial charge is 0.496 e. The summed E-state index contributed by atoms with van der Waals surface area (Å²) in [5.74, 6) is -1.19. The van der Waals surface area contributed by atoms with E-state index in [1.54, 1.807) is 42.5 Å². The molecule has 6 nitrogen and oxygen atoms in total. The molecule has 0 aromatic heterocycles. The average Bonchev–Trinajstić information content (AvgIpc) is 2.78. The van der Waals surface area contributed by atoms with Crippen molar-refractivity contribution in [3.05, 3.63) is 59.7 Å². The summed E-state index contributed by atoms with van der Waals surface area (Å²) >= 11 is 0. The molecule has 2 rings (SSSR count). The number of esters is 1. The van der Waals surface area contributed by atoms with Crippen molar-refractivity contribution >= 4 is 20.9 Å². The van der Waals surface area contributed by atoms with Crippen LogP contribution in [0.5, 0.6) is 11.5 Å². The van der Waals surface area contributed by atoms with Crippen molar-refractivity contribution in [1.82, 2.24) is 0 Å². The smallest absolute Gasteiger partial charge is 0.321 e. The Hall–Kier alpha value is -2.59. The number of Topliss-reactive ketones (excluding diaryl/α,β-unsaturated/α-hetero) is 1. The molecule has 0 heterocycles. The van der Waals surface area contributed by atoms with Crippen molar-refractivity contribution in [3.63, 3.8) is 0 Å². The molecule has 0 fully saturated rings. The summed E-state index contributed by atoms with van der Waals surface area (Å²) < 4.78 is 24.6. The lowest BCUT2D eigenvalue weighted by Gasteiger charge is -2.24. The molecule has 0 radical (unpaired) electrons. The van der Waals surface area contributed by atoms with Crippen LogP contribution in [0.25, 0.3) is 0 Å². The first-order valence-electron chi connectivity index (χ1n) is 10.4. The van der Waals surface area contributed by atoms with Crippen molar-refractivity contribution in [2.75, 3.05) is 20.8 Å². The summed E-state index contributed by atoms with van der Waals surface area (Å²) in [6.45, 7) is 8.75. The summed E-state index contributed by atoms with van der Waals surface area (Å²) in [6.07, 6.45) is 0.907. The zero-order valence-corrected chi connectivity index (χ0v) is 21.3. The molecular formula is C25H35O6P. The molecule has 7 heteroatoms. The van der Waals surface area contributed by atoms with E-state index in [1.807, 2.05) is 13.0 Å². The molecule has 176 valence electrons. The SMILES string of the molecule is COc1cccc(OC)c1C(=O)C(C(=O)OCC(C)CC(C)(C)C)c1ccccc1.O=[PH3]. The normalized spacial score (nSPS) is 12.7. The maximum absolute atomic E-state index is 13.6. The standard InChI is InChI=1S/C25H32O5.H3OP/c1-17(15-25(2,3)4)16-30-24(27)21(18-11-8-7-9-12-18)23(26)22-19(28-5)13-10-14-20(22)29-6;1-2/h7-14,17,21H,15-16H2,1-6H3;2H3. The van der Waals surface area contributed by atoms with E-state index in [0.717, 1.165) is 6.42 Å². The quantitative estimate of drug-likeness (QED) is 0.220. The Morgan fingerprint density at radius 1 is 0.906 bits per heavy atom. The second-order valence-corrected chi connectivity index (χ2v) is 8.75. The number of hydrogen-bond acceptors (Lipinski definition) is 6. The zero-order chi connectivity index (χ0) is 24.3. The topological polar surface area (TPSA) is 78.9 Å². The Labute approximate surface area is 192 Å². The highest BCUT2D eigenvalue weighted by atomic mass is 31.0. The van der Waals surface area contributed by atoms with Crippen LogP contribution in [-0.4, -0.2) is 32.6 Å². The predicted molar refractivity (Wildman–Crippen MR) is 129 cm³/mol. The van der Waals surface area contributed by atoms with E-state index in [9.17, 15) is 9.59 Å². The predicted octanol–water partition coefficient (Wildman–Crippen LogP) is 5.23. The van der Waals surface area contributed by atoms with Gasteiger partial charge in [0, 0.05) is 0 Å². The van der Waals surface area contributed by atoms with Gasteiger partial charge >= 0.3 is 5.97 Å². The minimum atomic E-state index is -1.10. The second-order valence-electron chi connectivity index (χ2n) is 8.75. The summed E-state index contributed by atoms with van der Waals surface area (Å²) in [5, 5.41) is 0. The molecule has 2 aromatic carbocycles. The number of ketones is 1. The lowest BCUT2D eigenvalue weighted by atomic mass is 9.86. The molecule has 0 N–H and O–H groups in total. The molecule has 0 bridgehead atoms. The third-order valence-corrected chi connectivity index (χ3v) is 4.78. The van der Waals surface area contributed by atoms with E-state index in [-0.39, 0.29) is 23.5 Å². The van der Waals surface area contributed by atoms with Crippen molar-refractivity contribution in [2.24, 2.45) is 11.3 Å². The van der Waals surface area contributed by atoms with Crippen LogP contribution < -0.4 is 9.47 Å². The Kier molecular flexibility index (Phi) is 11.2. The van der Waals surface area contributed by atoms with Gasteiger partial charge < -0.3 is 18.8 Å². The number of benzene rings is 2. The number of carbonyl (C=O) groups excluding carboxylic acids is 2. The van der Waals surface area contributed by atoms with Crippen LogP contribution in [0.1, 0.15) is 56.0 Å². The molecular weight excluding hydrogens is 427 g/mol. The Morgan fingerprint density at radius 2 is 1.44 bits per heavy atom. The summed E-state index contributed by atoms with van der Waals surface area (Å²) in [5.41, 5.74) is 0.936. The number of methoxy groups -OCH3 is 2. The van der Waals surface area contributed by atoms with Crippen molar-refractivity contribution < 1.29 is 28.4 Å². The van der Waals surface area contributed by atoms with E-state index in [4.69, 9.17) is 18.8 Å². The molecule has 0 aliphatic heterocycles. The van der Waals surface area contributed by atoms with Gasteiger partial charge in [0.2, 0.25) is 0 Å². The minimum Gasteiger partial charge on any atom is -0.496 e. The third-order valence-electron chi connectivity index (χ3n) is 4.78. The van der Waals surface area contributed by atoms with E-state index in [2.05, 4.69) is 20.8 Å². The van der Waals surface area contributed by atoms with Gasteiger partial charge in [-0.05, 0) is 35.4 Å². The summed E-state index contributed by atoms with van der Waals surface area (Å²) in [7, 11) is 3.57. The van der Waals surface area contributed by atoms with Gasteiger partial charge in [-0.25, -0.2) is 0 Å². The molecule has 2 aromatic rings. The van der Waals surface area contributed by atoms with Crippen LogP contribution in [-0.2, 0) is 14.1 Å². The van der Waals surface area contributed by atoms with E-state index in [1.165, 1.54) is 14.2 Å². The van der Waals surface area contributed by atoms with E-state index < -0.39 is 17.7 Å². The van der Waals surface area contributed by atoms with Gasteiger partial charge in [0.25, 0.3) is 0 Å². The van der Waals surface area contributed by atoms with Crippen molar-refractivity contribution in [2.45, 2.75) is 40.0 Å².